The molecule has 1 saturated heterocycles. The van der Waals surface area contributed by atoms with Crippen molar-refractivity contribution < 1.29 is 23.2 Å². The molecule has 162 valence electrons. The van der Waals surface area contributed by atoms with Crippen molar-refractivity contribution in [3.8, 4) is 11.1 Å². The van der Waals surface area contributed by atoms with Crippen molar-refractivity contribution in [2.45, 2.75) is 24.9 Å². The molecule has 3 N–H and O–H groups in total. The minimum absolute atomic E-state index is 0.162. The van der Waals surface area contributed by atoms with Gasteiger partial charge in [0.15, 0.2) is 0 Å². The van der Waals surface area contributed by atoms with Crippen LogP contribution in [0.15, 0.2) is 36.4 Å². The lowest BCUT2D eigenvalue weighted by molar-refractivity contribution is -0.124. The second kappa shape index (κ2) is 8.43. The van der Waals surface area contributed by atoms with Crippen LogP contribution >= 0.6 is 0 Å². The highest BCUT2D eigenvalue weighted by Gasteiger charge is 2.40. The zero-order valence-electron chi connectivity index (χ0n) is 16.9. The summed E-state index contributed by atoms with van der Waals surface area (Å²) >= 11 is 0. The number of halogens is 2. The Bertz CT molecular complexity index is 1060. The number of rotatable bonds is 4. The summed E-state index contributed by atoms with van der Waals surface area (Å²) in [7, 11) is 1.67. The second-order valence-corrected chi connectivity index (χ2v) is 7.71. The molecule has 4 rings (SSSR count). The van der Waals surface area contributed by atoms with Gasteiger partial charge in [-0.1, -0.05) is 6.07 Å². The van der Waals surface area contributed by atoms with Gasteiger partial charge in [0.1, 0.15) is 17.7 Å². The number of hydrogen-bond acceptors (Lipinski definition) is 4. The highest BCUT2D eigenvalue weighted by atomic mass is 19.1. The van der Waals surface area contributed by atoms with E-state index in [0.29, 0.717) is 30.6 Å². The summed E-state index contributed by atoms with van der Waals surface area (Å²) < 4.78 is 27.5. The third-order valence-electron chi connectivity index (χ3n) is 5.62. The molecule has 0 aromatic heterocycles. The van der Waals surface area contributed by atoms with Crippen molar-refractivity contribution in [3.05, 3.63) is 53.6 Å². The van der Waals surface area contributed by atoms with E-state index in [2.05, 4.69) is 16.0 Å². The monoisotopic (exact) mass is 428 g/mol. The van der Waals surface area contributed by atoms with E-state index in [9.17, 15) is 23.2 Å². The van der Waals surface area contributed by atoms with Crippen molar-refractivity contribution in [3.63, 3.8) is 0 Å². The van der Waals surface area contributed by atoms with Crippen LogP contribution in [0.1, 0.15) is 23.2 Å². The molecule has 2 aliphatic rings. The molecule has 2 atom stereocenters. The summed E-state index contributed by atoms with van der Waals surface area (Å²) in [6.07, 6.45) is 0.826. The number of hydrogen-bond donors (Lipinski definition) is 3. The maximum absolute atomic E-state index is 14.2. The van der Waals surface area contributed by atoms with Crippen LogP contribution in [0, 0.1) is 11.6 Å². The van der Waals surface area contributed by atoms with E-state index < -0.39 is 17.7 Å². The largest absolute Gasteiger partial charge is 0.352 e. The molecule has 3 amide bonds. The first kappa shape index (κ1) is 20.9. The van der Waals surface area contributed by atoms with Gasteiger partial charge in [0.2, 0.25) is 11.8 Å². The van der Waals surface area contributed by atoms with Gasteiger partial charge in [-0.25, -0.2) is 8.78 Å². The standard InChI is InChI=1S/C22H22F2N4O3/c1-25-11-20(29)26-14-6-7-28-19(10-14)21(30)27-18-5-2-12(8-16(18)22(28)31)15-4-3-13(23)9-17(15)24/h2-5,8-9,14,19,25H,6-7,10-11H2,1H3,(H,26,29)(H,27,30). The highest BCUT2D eigenvalue weighted by Crippen LogP contribution is 2.32. The minimum atomic E-state index is -0.735. The fourth-order valence-electron chi connectivity index (χ4n) is 4.12. The molecule has 9 heteroatoms. The molecule has 2 unspecified atom stereocenters. The number of nitrogens with one attached hydrogen (secondary N) is 3. The van der Waals surface area contributed by atoms with Crippen molar-refractivity contribution in [2.75, 3.05) is 25.5 Å². The van der Waals surface area contributed by atoms with E-state index in [1.54, 1.807) is 19.2 Å². The van der Waals surface area contributed by atoms with Gasteiger partial charge in [0.05, 0.1) is 17.8 Å². The number of carbonyl (C=O) groups is 3. The number of anilines is 1. The topological polar surface area (TPSA) is 90.5 Å². The lowest BCUT2D eigenvalue weighted by atomic mass is 9.95. The van der Waals surface area contributed by atoms with Crippen LogP contribution in [0.2, 0.25) is 0 Å². The number of nitrogens with zero attached hydrogens (tertiary/aromatic N) is 1. The predicted octanol–water partition coefficient (Wildman–Crippen LogP) is 1.89. The van der Waals surface area contributed by atoms with Crippen LogP contribution in [0.5, 0.6) is 0 Å². The average Bonchev–Trinajstić information content (AvgIpc) is 2.83. The van der Waals surface area contributed by atoms with Crippen LogP contribution in [0.4, 0.5) is 14.5 Å². The SMILES string of the molecule is CNCC(=O)NC1CCN2C(=O)c3cc(-c4ccc(F)cc4F)ccc3NC(=O)C2C1. The zero-order valence-corrected chi connectivity index (χ0v) is 16.9. The molecule has 7 nitrogen and oxygen atoms in total. The number of fused-ring (bicyclic) bond motifs is 2. The van der Waals surface area contributed by atoms with Gasteiger partial charge in [0, 0.05) is 24.2 Å². The van der Waals surface area contributed by atoms with Crippen molar-refractivity contribution in [1.82, 2.24) is 15.5 Å². The summed E-state index contributed by atoms with van der Waals surface area (Å²) in [5.74, 6) is -2.27. The fourth-order valence-corrected chi connectivity index (χ4v) is 4.12. The molecule has 1 fully saturated rings. The fraction of sp³-hybridized carbons (Fsp3) is 0.318. The third-order valence-corrected chi connectivity index (χ3v) is 5.62. The second-order valence-electron chi connectivity index (χ2n) is 7.71. The van der Waals surface area contributed by atoms with E-state index in [4.69, 9.17) is 0 Å². The number of piperidine rings is 1. The summed E-state index contributed by atoms with van der Waals surface area (Å²) in [6, 6.07) is 6.95. The van der Waals surface area contributed by atoms with E-state index in [0.717, 1.165) is 12.1 Å². The van der Waals surface area contributed by atoms with E-state index in [1.165, 1.54) is 17.0 Å². The van der Waals surface area contributed by atoms with Crippen molar-refractivity contribution >= 4 is 23.4 Å². The minimum Gasteiger partial charge on any atom is -0.352 e. The molecule has 0 radical (unpaired) electrons. The highest BCUT2D eigenvalue weighted by molar-refractivity contribution is 6.10. The van der Waals surface area contributed by atoms with E-state index in [-0.39, 0.29) is 41.4 Å². The Kier molecular flexibility index (Phi) is 5.69. The zero-order chi connectivity index (χ0) is 22.1. The van der Waals surface area contributed by atoms with E-state index >= 15 is 0 Å². The lowest BCUT2D eigenvalue weighted by Gasteiger charge is -2.37. The van der Waals surface area contributed by atoms with Crippen molar-refractivity contribution in [1.29, 1.82) is 0 Å². The molecule has 31 heavy (non-hydrogen) atoms. The van der Waals surface area contributed by atoms with Gasteiger partial charge in [-0.3, -0.25) is 14.4 Å². The normalized spacial score (nSPS) is 20.4. The molecule has 2 aromatic carbocycles. The Morgan fingerprint density at radius 2 is 1.97 bits per heavy atom. The van der Waals surface area contributed by atoms with Gasteiger partial charge < -0.3 is 20.9 Å². The summed E-state index contributed by atoms with van der Waals surface area (Å²) in [5.41, 5.74) is 1.16. The molecular formula is C22H22F2N4O3. The Hall–Kier alpha value is -3.33. The number of likely N-dealkylation sites (N-methyl/N-ethyl adjacent to an activating group) is 1. The van der Waals surface area contributed by atoms with Gasteiger partial charge in [-0.05, 0) is 49.7 Å². The molecule has 2 heterocycles. The van der Waals surface area contributed by atoms with Crippen LogP contribution in [0.3, 0.4) is 0 Å². The first-order valence-electron chi connectivity index (χ1n) is 10.0. The number of amides is 3. The maximum Gasteiger partial charge on any atom is 0.256 e. The van der Waals surface area contributed by atoms with Crippen LogP contribution in [-0.2, 0) is 9.59 Å². The van der Waals surface area contributed by atoms with Gasteiger partial charge >= 0.3 is 0 Å². The Morgan fingerprint density at radius 3 is 2.71 bits per heavy atom. The number of benzene rings is 2. The van der Waals surface area contributed by atoms with Crippen LogP contribution < -0.4 is 16.0 Å². The average molecular weight is 428 g/mol. The molecule has 0 spiro atoms. The Balaban J connectivity index is 1.61. The van der Waals surface area contributed by atoms with Crippen LogP contribution in [-0.4, -0.2) is 54.8 Å². The van der Waals surface area contributed by atoms with Gasteiger partial charge in [-0.15, -0.1) is 0 Å². The molecule has 0 saturated carbocycles. The summed E-state index contributed by atoms with van der Waals surface area (Å²) in [5, 5.41) is 8.43. The molecular weight excluding hydrogens is 406 g/mol. The first-order chi connectivity index (χ1) is 14.9. The van der Waals surface area contributed by atoms with Crippen LogP contribution in [0.25, 0.3) is 11.1 Å². The van der Waals surface area contributed by atoms with Crippen molar-refractivity contribution in [2.24, 2.45) is 0 Å². The molecule has 2 aliphatic heterocycles. The lowest BCUT2D eigenvalue weighted by Crippen LogP contribution is -2.55. The molecule has 0 aliphatic carbocycles. The Labute approximate surface area is 177 Å². The third kappa shape index (κ3) is 4.13. The number of carbonyl (C=O) groups excluding carboxylic acids is 3. The molecule has 0 bridgehead atoms. The van der Waals surface area contributed by atoms with E-state index in [1.807, 2.05) is 0 Å². The summed E-state index contributed by atoms with van der Waals surface area (Å²) in [4.78, 5) is 39.5. The molecule has 2 aromatic rings. The predicted molar refractivity (Wildman–Crippen MR) is 110 cm³/mol. The quantitative estimate of drug-likeness (QED) is 0.694. The summed E-state index contributed by atoms with van der Waals surface area (Å²) in [6.45, 7) is 0.472. The first-order valence-corrected chi connectivity index (χ1v) is 10.0. The smallest absolute Gasteiger partial charge is 0.256 e. The van der Waals surface area contributed by atoms with Gasteiger partial charge in [0.25, 0.3) is 5.91 Å². The van der Waals surface area contributed by atoms with Gasteiger partial charge in [-0.2, -0.15) is 0 Å². The Morgan fingerprint density at radius 1 is 1.16 bits per heavy atom. The maximum atomic E-state index is 14.2.